The standard InChI is InChI=1S/C26H30N2O4/c1-17-18(10-12-22(29)30)9-11-21(24(31)27-14-13-26(2,3)4)23(17)19-7-5-6-8-20(19)25-28-15-16-32-25/h5-9,11,15-16H,10,12-14H2,1-4H3,(H,27,31)(H,29,30). The zero-order valence-electron chi connectivity index (χ0n) is 19.1. The van der Waals surface area contributed by atoms with Gasteiger partial charge in [-0.25, -0.2) is 4.98 Å². The van der Waals surface area contributed by atoms with Crippen molar-refractivity contribution in [1.82, 2.24) is 10.3 Å². The fraction of sp³-hybridized carbons (Fsp3) is 0.346. The highest BCUT2D eigenvalue weighted by molar-refractivity contribution is 6.03. The van der Waals surface area contributed by atoms with Gasteiger partial charge in [0.15, 0.2) is 0 Å². The van der Waals surface area contributed by atoms with Crippen molar-refractivity contribution in [1.29, 1.82) is 0 Å². The molecule has 1 amide bonds. The van der Waals surface area contributed by atoms with Crippen LogP contribution in [0.25, 0.3) is 22.6 Å². The molecule has 1 aromatic heterocycles. The van der Waals surface area contributed by atoms with Gasteiger partial charge in [-0.2, -0.15) is 0 Å². The molecule has 3 aromatic rings. The molecule has 0 saturated heterocycles. The second kappa shape index (κ2) is 9.81. The molecular formula is C26H30N2O4. The van der Waals surface area contributed by atoms with E-state index in [1.807, 2.05) is 37.3 Å². The van der Waals surface area contributed by atoms with E-state index >= 15 is 0 Å². The number of amides is 1. The quantitative estimate of drug-likeness (QED) is 0.488. The van der Waals surface area contributed by atoms with E-state index in [0.717, 1.165) is 34.2 Å². The lowest BCUT2D eigenvalue weighted by Crippen LogP contribution is -2.28. The van der Waals surface area contributed by atoms with E-state index in [2.05, 4.69) is 31.1 Å². The molecule has 3 rings (SSSR count). The number of aromatic nitrogens is 1. The van der Waals surface area contributed by atoms with Crippen LogP contribution in [0.3, 0.4) is 0 Å². The Balaban J connectivity index is 2.09. The average molecular weight is 435 g/mol. The summed E-state index contributed by atoms with van der Waals surface area (Å²) in [5, 5.41) is 12.2. The van der Waals surface area contributed by atoms with E-state index in [9.17, 15) is 9.59 Å². The molecule has 6 nitrogen and oxygen atoms in total. The third kappa shape index (κ3) is 5.63. The van der Waals surface area contributed by atoms with E-state index in [0.29, 0.717) is 24.4 Å². The highest BCUT2D eigenvalue weighted by Gasteiger charge is 2.22. The molecule has 2 N–H and O–H groups in total. The van der Waals surface area contributed by atoms with E-state index in [1.165, 1.54) is 6.26 Å². The van der Waals surface area contributed by atoms with Crippen molar-refractivity contribution in [3.05, 3.63) is 65.5 Å². The van der Waals surface area contributed by atoms with Gasteiger partial charge in [0.25, 0.3) is 5.91 Å². The molecule has 2 aromatic carbocycles. The van der Waals surface area contributed by atoms with Gasteiger partial charge in [0, 0.05) is 24.1 Å². The van der Waals surface area contributed by atoms with Crippen LogP contribution >= 0.6 is 0 Å². The second-order valence-electron chi connectivity index (χ2n) is 9.12. The Morgan fingerprint density at radius 2 is 1.81 bits per heavy atom. The van der Waals surface area contributed by atoms with Crippen molar-refractivity contribution in [2.24, 2.45) is 5.41 Å². The number of hydrogen-bond donors (Lipinski definition) is 2. The van der Waals surface area contributed by atoms with Crippen LogP contribution in [-0.2, 0) is 11.2 Å². The van der Waals surface area contributed by atoms with Crippen LogP contribution in [0.2, 0.25) is 0 Å². The number of nitrogens with one attached hydrogen (secondary N) is 1. The third-order valence-electron chi connectivity index (χ3n) is 5.45. The minimum absolute atomic E-state index is 0.0266. The topological polar surface area (TPSA) is 92.4 Å². The molecule has 0 spiro atoms. The van der Waals surface area contributed by atoms with Crippen LogP contribution in [-0.4, -0.2) is 28.5 Å². The van der Waals surface area contributed by atoms with Crippen LogP contribution in [0, 0.1) is 12.3 Å². The predicted molar refractivity (Wildman–Crippen MR) is 124 cm³/mol. The predicted octanol–water partition coefficient (Wildman–Crippen LogP) is 5.50. The van der Waals surface area contributed by atoms with Gasteiger partial charge in [-0.1, -0.05) is 45.0 Å². The van der Waals surface area contributed by atoms with E-state index < -0.39 is 5.97 Å². The normalized spacial score (nSPS) is 11.4. The first-order valence-corrected chi connectivity index (χ1v) is 10.8. The maximum atomic E-state index is 13.2. The smallest absolute Gasteiger partial charge is 0.303 e. The van der Waals surface area contributed by atoms with Crippen molar-refractivity contribution in [2.45, 2.75) is 47.0 Å². The zero-order chi connectivity index (χ0) is 23.3. The van der Waals surface area contributed by atoms with Crippen molar-refractivity contribution < 1.29 is 19.1 Å². The minimum Gasteiger partial charge on any atom is -0.481 e. The number of carboxylic acid groups (broad SMARTS) is 1. The number of rotatable bonds is 8. The number of oxazole rings is 1. The molecule has 32 heavy (non-hydrogen) atoms. The summed E-state index contributed by atoms with van der Waals surface area (Å²) < 4.78 is 5.54. The van der Waals surface area contributed by atoms with Gasteiger partial charge in [-0.3, -0.25) is 9.59 Å². The van der Waals surface area contributed by atoms with Crippen LogP contribution < -0.4 is 5.32 Å². The zero-order valence-corrected chi connectivity index (χ0v) is 19.1. The molecule has 168 valence electrons. The molecule has 0 atom stereocenters. The summed E-state index contributed by atoms with van der Waals surface area (Å²) in [4.78, 5) is 28.6. The first kappa shape index (κ1) is 23.3. The number of nitrogens with zero attached hydrogens (tertiary/aromatic N) is 1. The Hall–Kier alpha value is -3.41. The van der Waals surface area contributed by atoms with Gasteiger partial charge in [0.05, 0.1) is 6.20 Å². The fourth-order valence-electron chi connectivity index (χ4n) is 3.69. The van der Waals surface area contributed by atoms with Gasteiger partial charge in [-0.15, -0.1) is 0 Å². The van der Waals surface area contributed by atoms with Crippen molar-refractivity contribution in [3.63, 3.8) is 0 Å². The molecule has 0 bridgehead atoms. The Bertz CT molecular complexity index is 1100. The van der Waals surface area contributed by atoms with Crippen molar-refractivity contribution in [2.75, 3.05) is 6.54 Å². The van der Waals surface area contributed by atoms with E-state index in [4.69, 9.17) is 9.52 Å². The Kier molecular flexibility index (Phi) is 7.13. The highest BCUT2D eigenvalue weighted by atomic mass is 16.4. The molecule has 0 aliphatic rings. The Labute approximate surface area is 188 Å². The van der Waals surface area contributed by atoms with E-state index in [-0.39, 0.29) is 17.7 Å². The summed E-state index contributed by atoms with van der Waals surface area (Å²) >= 11 is 0. The lowest BCUT2D eigenvalue weighted by molar-refractivity contribution is -0.136. The van der Waals surface area contributed by atoms with Gasteiger partial charge in [0.1, 0.15) is 6.26 Å². The number of aliphatic carboxylic acids is 1. The molecule has 0 unspecified atom stereocenters. The largest absolute Gasteiger partial charge is 0.481 e. The second-order valence-corrected chi connectivity index (χ2v) is 9.12. The maximum Gasteiger partial charge on any atom is 0.303 e. The molecular weight excluding hydrogens is 404 g/mol. The summed E-state index contributed by atoms with van der Waals surface area (Å²) in [6.07, 6.45) is 4.38. The van der Waals surface area contributed by atoms with Crippen LogP contribution in [0.15, 0.2) is 53.3 Å². The molecule has 6 heteroatoms. The fourth-order valence-corrected chi connectivity index (χ4v) is 3.69. The third-order valence-corrected chi connectivity index (χ3v) is 5.45. The summed E-state index contributed by atoms with van der Waals surface area (Å²) in [5.41, 5.74) is 4.82. The summed E-state index contributed by atoms with van der Waals surface area (Å²) in [5.74, 6) is -0.537. The first-order valence-electron chi connectivity index (χ1n) is 10.8. The van der Waals surface area contributed by atoms with Crippen molar-refractivity contribution >= 4 is 11.9 Å². The van der Waals surface area contributed by atoms with Crippen LogP contribution in [0.1, 0.15) is 55.1 Å². The number of carboxylic acids is 1. The Morgan fingerprint density at radius 3 is 2.44 bits per heavy atom. The van der Waals surface area contributed by atoms with Gasteiger partial charge in [-0.05, 0) is 59.6 Å². The van der Waals surface area contributed by atoms with E-state index in [1.54, 1.807) is 12.3 Å². The molecule has 0 fully saturated rings. The Morgan fingerprint density at radius 1 is 1.09 bits per heavy atom. The van der Waals surface area contributed by atoms with Gasteiger partial charge < -0.3 is 14.8 Å². The van der Waals surface area contributed by atoms with Gasteiger partial charge >= 0.3 is 5.97 Å². The maximum absolute atomic E-state index is 13.2. The lowest BCUT2D eigenvalue weighted by atomic mass is 9.87. The average Bonchev–Trinajstić information content (AvgIpc) is 3.26. The van der Waals surface area contributed by atoms with Crippen LogP contribution in [0.4, 0.5) is 0 Å². The molecule has 0 aliphatic heterocycles. The number of carbonyl (C=O) groups is 2. The number of carbonyl (C=O) groups excluding carboxylic acids is 1. The highest BCUT2D eigenvalue weighted by Crippen LogP contribution is 2.37. The lowest BCUT2D eigenvalue weighted by Gasteiger charge is -2.20. The minimum atomic E-state index is -0.852. The number of benzene rings is 2. The first-order chi connectivity index (χ1) is 15.2. The summed E-state index contributed by atoms with van der Waals surface area (Å²) in [6, 6.07) is 11.3. The number of aryl methyl sites for hydroxylation is 1. The monoisotopic (exact) mass is 434 g/mol. The molecule has 0 aliphatic carbocycles. The molecule has 0 radical (unpaired) electrons. The summed E-state index contributed by atoms with van der Waals surface area (Å²) in [7, 11) is 0. The molecule has 1 heterocycles. The van der Waals surface area contributed by atoms with Gasteiger partial charge in [0.2, 0.25) is 5.89 Å². The number of hydrogen-bond acceptors (Lipinski definition) is 4. The van der Waals surface area contributed by atoms with Crippen molar-refractivity contribution in [3.8, 4) is 22.6 Å². The SMILES string of the molecule is Cc1c(CCC(=O)O)ccc(C(=O)NCCC(C)(C)C)c1-c1ccccc1-c1ncco1. The molecule has 0 saturated carbocycles. The van der Waals surface area contributed by atoms with Crippen LogP contribution in [0.5, 0.6) is 0 Å². The summed E-state index contributed by atoms with van der Waals surface area (Å²) in [6.45, 7) is 8.92.